The van der Waals surface area contributed by atoms with E-state index < -0.39 is 59.0 Å². The van der Waals surface area contributed by atoms with Crippen molar-refractivity contribution >= 4 is 35.3 Å². The van der Waals surface area contributed by atoms with Gasteiger partial charge in [-0.05, 0) is 80.5 Å². The SMILES string of the molecule is CC(C)[C@H](C)NC(=O)C(=O)[C@@H]1CCC2C[C@H]3CN(C(=O)[C@@H](NC(=O)[C@@H](NC(=O)c4cnccn4)C4CCCCC4)C(C)(C)C)C(C(=O)N1)[C@H]3C2. The van der Waals surface area contributed by atoms with Gasteiger partial charge in [-0.25, -0.2) is 4.98 Å². The molecule has 5 rings (SSSR count). The first kappa shape index (κ1) is 37.4. The molecule has 274 valence electrons. The Morgan fingerprint density at radius 1 is 0.920 bits per heavy atom. The normalized spacial score (nSPS) is 27.2. The van der Waals surface area contributed by atoms with Crippen LogP contribution in [0.5, 0.6) is 0 Å². The van der Waals surface area contributed by atoms with Gasteiger partial charge in [0.25, 0.3) is 11.8 Å². The van der Waals surface area contributed by atoms with Gasteiger partial charge in [0.05, 0.1) is 12.2 Å². The number of hydrogen-bond donors (Lipinski definition) is 4. The number of nitrogens with zero attached hydrogens (tertiary/aromatic N) is 3. The minimum Gasteiger partial charge on any atom is -0.347 e. The molecule has 8 atom stereocenters. The number of likely N-dealkylation sites (tertiary alicyclic amines) is 1. The third-order valence-corrected chi connectivity index (χ3v) is 11.5. The van der Waals surface area contributed by atoms with Crippen LogP contribution in [0.4, 0.5) is 0 Å². The van der Waals surface area contributed by atoms with Crippen molar-refractivity contribution < 1.29 is 28.8 Å². The zero-order valence-corrected chi connectivity index (χ0v) is 30.4. The summed E-state index contributed by atoms with van der Waals surface area (Å²) in [4.78, 5) is 92.0. The lowest BCUT2D eigenvalue weighted by Crippen LogP contribution is -2.62. The molecule has 2 saturated carbocycles. The van der Waals surface area contributed by atoms with E-state index in [4.69, 9.17) is 0 Å². The Labute approximate surface area is 295 Å². The summed E-state index contributed by atoms with van der Waals surface area (Å²) in [5.74, 6) is -2.80. The minimum atomic E-state index is -0.995. The van der Waals surface area contributed by atoms with Crippen LogP contribution in [0.3, 0.4) is 0 Å². The second-order valence-corrected chi connectivity index (χ2v) is 16.5. The average Bonchev–Trinajstić information content (AvgIpc) is 3.65. The maximum absolute atomic E-state index is 14.6. The molecule has 4 fully saturated rings. The summed E-state index contributed by atoms with van der Waals surface area (Å²) in [6, 6.07) is -3.89. The van der Waals surface area contributed by atoms with E-state index in [0.29, 0.717) is 19.4 Å². The molecule has 2 unspecified atom stereocenters. The number of fused-ring (bicyclic) bond motifs is 1. The van der Waals surface area contributed by atoms with Gasteiger partial charge in [-0.2, -0.15) is 0 Å². The van der Waals surface area contributed by atoms with Gasteiger partial charge in [0.1, 0.15) is 23.8 Å². The van der Waals surface area contributed by atoms with Gasteiger partial charge in [0.15, 0.2) is 0 Å². The van der Waals surface area contributed by atoms with Crippen molar-refractivity contribution in [1.82, 2.24) is 36.1 Å². The highest BCUT2D eigenvalue weighted by atomic mass is 16.2. The molecule has 13 nitrogen and oxygen atoms in total. The molecule has 0 radical (unpaired) electrons. The Kier molecular flexibility index (Phi) is 11.6. The maximum Gasteiger partial charge on any atom is 0.289 e. The van der Waals surface area contributed by atoms with Crippen LogP contribution in [0, 0.1) is 35.0 Å². The number of amides is 5. The highest BCUT2D eigenvalue weighted by Gasteiger charge is 2.55. The molecule has 0 spiro atoms. The van der Waals surface area contributed by atoms with Gasteiger partial charge < -0.3 is 26.2 Å². The summed E-state index contributed by atoms with van der Waals surface area (Å²) >= 11 is 0. The Hall–Kier alpha value is -3.90. The van der Waals surface area contributed by atoms with E-state index in [9.17, 15) is 28.8 Å². The number of aromatic nitrogens is 2. The molecule has 1 aromatic heterocycles. The van der Waals surface area contributed by atoms with Crippen molar-refractivity contribution in [3.8, 4) is 0 Å². The Balaban J connectivity index is 1.36. The monoisotopic (exact) mass is 693 g/mol. The van der Waals surface area contributed by atoms with E-state index in [-0.39, 0.29) is 47.2 Å². The number of rotatable bonds is 10. The summed E-state index contributed by atoms with van der Waals surface area (Å²) in [6.07, 6.45) is 11.4. The van der Waals surface area contributed by atoms with Crippen LogP contribution >= 0.6 is 0 Å². The topological polar surface area (TPSA) is 180 Å². The quantitative estimate of drug-likeness (QED) is 0.270. The van der Waals surface area contributed by atoms with Crippen LogP contribution < -0.4 is 21.3 Å². The molecular weight excluding hydrogens is 638 g/mol. The molecule has 1 aromatic rings. The Morgan fingerprint density at radius 3 is 2.28 bits per heavy atom. The third-order valence-electron chi connectivity index (χ3n) is 11.5. The fourth-order valence-corrected chi connectivity index (χ4v) is 8.34. The van der Waals surface area contributed by atoms with Crippen molar-refractivity contribution in [3.05, 3.63) is 24.3 Å². The second kappa shape index (κ2) is 15.6. The van der Waals surface area contributed by atoms with Crippen molar-refractivity contribution in [2.45, 2.75) is 130 Å². The number of carbonyl (C=O) groups is 6. The summed E-state index contributed by atoms with van der Waals surface area (Å²) in [6.45, 7) is 11.7. The van der Waals surface area contributed by atoms with Crippen molar-refractivity contribution in [3.63, 3.8) is 0 Å². The van der Waals surface area contributed by atoms with Crippen LogP contribution in [0.25, 0.3) is 0 Å². The summed E-state index contributed by atoms with van der Waals surface area (Å²) in [7, 11) is 0. The zero-order valence-electron chi connectivity index (χ0n) is 30.4. The molecule has 2 aliphatic heterocycles. The summed E-state index contributed by atoms with van der Waals surface area (Å²) < 4.78 is 0. The number of carbonyl (C=O) groups excluding carboxylic acids is 6. The molecule has 50 heavy (non-hydrogen) atoms. The molecule has 13 heteroatoms. The van der Waals surface area contributed by atoms with Crippen LogP contribution in [-0.2, 0) is 24.0 Å². The molecule has 3 heterocycles. The largest absolute Gasteiger partial charge is 0.347 e. The van der Waals surface area contributed by atoms with E-state index in [1.54, 1.807) is 4.90 Å². The van der Waals surface area contributed by atoms with Gasteiger partial charge in [0.2, 0.25) is 23.5 Å². The minimum absolute atomic E-state index is 0.0785. The predicted molar refractivity (Wildman–Crippen MR) is 185 cm³/mol. The molecule has 2 bridgehead atoms. The first-order valence-corrected chi connectivity index (χ1v) is 18.5. The standard InChI is InChI=1S/C37H55N7O6/c1-20(2)21(3)40-35(49)30(45)26-13-12-22-16-24-19-44(29(25(24)17-22)34(48)41-26)36(50)31(37(4,5)6)43-33(47)28(23-10-8-7-9-11-23)42-32(46)27-18-38-14-15-39-27/h14-15,18,20-26,28-29,31H,7-13,16-17,19H2,1-6H3,(H,40,49)(H,41,48)(H,42,46)(H,43,47)/t21-,22?,24-,25-,26-,28-,29?,31+/m0/s1. The maximum atomic E-state index is 14.6. The van der Waals surface area contributed by atoms with Gasteiger partial charge in [0, 0.05) is 25.0 Å². The summed E-state index contributed by atoms with van der Waals surface area (Å²) in [5, 5.41) is 11.5. The van der Waals surface area contributed by atoms with Gasteiger partial charge in [-0.15, -0.1) is 0 Å². The van der Waals surface area contributed by atoms with Crippen molar-refractivity contribution in [2.24, 2.45) is 35.0 Å². The van der Waals surface area contributed by atoms with E-state index in [0.717, 1.165) is 44.9 Å². The number of ketones is 1. The average molecular weight is 694 g/mol. The predicted octanol–water partition coefficient (Wildman–Crippen LogP) is 2.55. The lowest BCUT2D eigenvalue weighted by atomic mass is 9.82. The first-order valence-electron chi connectivity index (χ1n) is 18.5. The van der Waals surface area contributed by atoms with Gasteiger partial charge >= 0.3 is 0 Å². The Morgan fingerprint density at radius 2 is 1.64 bits per heavy atom. The molecule has 4 N–H and O–H groups in total. The van der Waals surface area contributed by atoms with Crippen LogP contribution in [0.2, 0.25) is 0 Å². The first-order chi connectivity index (χ1) is 23.6. The molecular formula is C37H55N7O6. The smallest absolute Gasteiger partial charge is 0.289 e. The van der Waals surface area contributed by atoms with Crippen LogP contribution in [-0.4, -0.2) is 86.9 Å². The lowest BCUT2D eigenvalue weighted by molar-refractivity contribution is -0.146. The van der Waals surface area contributed by atoms with Gasteiger partial charge in [-0.3, -0.25) is 33.8 Å². The number of Topliss-reactive ketones (excluding diaryl/α,β-unsaturated/α-hetero) is 1. The van der Waals surface area contributed by atoms with Crippen molar-refractivity contribution in [1.29, 1.82) is 0 Å². The number of nitrogens with one attached hydrogen (secondary N) is 4. The molecule has 0 aromatic carbocycles. The molecule has 2 aliphatic carbocycles. The highest BCUT2D eigenvalue weighted by molar-refractivity contribution is 6.38. The highest BCUT2D eigenvalue weighted by Crippen LogP contribution is 2.48. The van der Waals surface area contributed by atoms with E-state index >= 15 is 0 Å². The molecule has 2 saturated heterocycles. The van der Waals surface area contributed by atoms with Gasteiger partial charge in [-0.1, -0.05) is 53.9 Å². The molecule has 4 aliphatic rings. The summed E-state index contributed by atoms with van der Waals surface area (Å²) in [5.41, 5.74) is -0.640. The van der Waals surface area contributed by atoms with Crippen molar-refractivity contribution in [2.75, 3.05) is 6.54 Å². The number of hydrogen-bond acceptors (Lipinski definition) is 8. The van der Waals surface area contributed by atoms with E-state index in [1.165, 1.54) is 18.6 Å². The third kappa shape index (κ3) is 8.34. The van der Waals surface area contributed by atoms with Crippen LogP contribution in [0.15, 0.2) is 18.6 Å². The fraction of sp³-hybridized carbons (Fsp3) is 0.730. The van der Waals surface area contributed by atoms with Crippen LogP contribution in [0.1, 0.15) is 110 Å². The molecule has 5 amide bonds. The Bertz CT molecular complexity index is 1440. The van der Waals surface area contributed by atoms with E-state index in [2.05, 4.69) is 31.2 Å². The second-order valence-electron chi connectivity index (χ2n) is 16.5. The fourth-order valence-electron chi connectivity index (χ4n) is 8.34. The zero-order chi connectivity index (χ0) is 36.3. The lowest BCUT2D eigenvalue weighted by Gasteiger charge is -2.38. The van der Waals surface area contributed by atoms with E-state index in [1.807, 2.05) is 41.5 Å².